The van der Waals surface area contributed by atoms with E-state index in [9.17, 15) is 9.59 Å². The summed E-state index contributed by atoms with van der Waals surface area (Å²) in [4.78, 5) is 24.7. The second-order valence-electron chi connectivity index (χ2n) is 5.56. The molecule has 0 saturated carbocycles. The normalized spacial score (nSPS) is 11.2. The van der Waals surface area contributed by atoms with Crippen LogP contribution in [0.2, 0.25) is 0 Å². The minimum absolute atomic E-state index is 0.251. The maximum absolute atomic E-state index is 12.2. The van der Waals surface area contributed by atoms with Crippen LogP contribution in [0, 0.1) is 6.92 Å². The number of carbonyl (C=O) groups excluding carboxylic acids is 2. The Morgan fingerprint density at radius 3 is 2.62 bits per heavy atom. The lowest BCUT2D eigenvalue weighted by molar-refractivity contribution is 0.0957. The molecule has 0 aliphatic heterocycles. The van der Waals surface area contributed by atoms with E-state index in [1.54, 1.807) is 50.2 Å². The number of nitrogens with one attached hydrogen (secondary N) is 2. The number of amides is 2. The summed E-state index contributed by atoms with van der Waals surface area (Å²) in [5, 5.41) is 8.74. The van der Waals surface area contributed by atoms with Crippen LogP contribution in [0.4, 0.5) is 5.69 Å². The van der Waals surface area contributed by atoms with Gasteiger partial charge in [0.25, 0.3) is 11.8 Å². The maximum atomic E-state index is 12.2. The lowest BCUT2D eigenvalue weighted by Crippen LogP contribution is -2.18. The molecule has 0 saturated heterocycles. The van der Waals surface area contributed by atoms with Gasteiger partial charge in [-0.3, -0.25) is 9.59 Å². The number of carbonyl (C=O) groups is 2. The smallest absolute Gasteiger partial charge is 0.291 e. The van der Waals surface area contributed by atoms with Crippen molar-refractivity contribution in [2.24, 2.45) is 5.10 Å². The van der Waals surface area contributed by atoms with Crippen molar-refractivity contribution in [3.63, 3.8) is 0 Å². The molecule has 0 aliphatic carbocycles. The van der Waals surface area contributed by atoms with Gasteiger partial charge in [-0.25, -0.2) is 5.43 Å². The molecular formula is C19H17N3O3S. The summed E-state index contributed by atoms with van der Waals surface area (Å²) in [6, 6.07) is 14.1. The molecule has 0 spiro atoms. The highest BCUT2D eigenvalue weighted by Crippen LogP contribution is 2.15. The summed E-state index contributed by atoms with van der Waals surface area (Å²) in [6.07, 6.45) is 0. The zero-order valence-electron chi connectivity index (χ0n) is 14.3. The molecule has 26 heavy (non-hydrogen) atoms. The Labute approximate surface area is 154 Å². The van der Waals surface area contributed by atoms with Crippen LogP contribution in [-0.2, 0) is 0 Å². The Hall–Kier alpha value is -3.19. The number of anilines is 1. The molecule has 7 heteroatoms. The Morgan fingerprint density at radius 1 is 1.08 bits per heavy atom. The third kappa shape index (κ3) is 4.25. The minimum Gasteiger partial charge on any atom is -0.456 e. The number of hydrogen-bond donors (Lipinski definition) is 2. The number of furan rings is 1. The Bertz CT molecular complexity index is 958. The molecule has 2 heterocycles. The molecule has 0 aliphatic rings. The van der Waals surface area contributed by atoms with Gasteiger partial charge >= 0.3 is 0 Å². The second kappa shape index (κ2) is 7.79. The van der Waals surface area contributed by atoms with Crippen LogP contribution in [0.1, 0.15) is 38.5 Å². The van der Waals surface area contributed by atoms with Crippen LogP contribution in [0.15, 0.2) is 63.4 Å². The summed E-state index contributed by atoms with van der Waals surface area (Å²) < 4.78 is 5.31. The number of hydrogen-bond acceptors (Lipinski definition) is 5. The van der Waals surface area contributed by atoms with E-state index in [1.165, 1.54) is 11.3 Å². The maximum Gasteiger partial charge on any atom is 0.291 e. The van der Waals surface area contributed by atoms with Crippen LogP contribution in [0.25, 0.3) is 0 Å². The predicted molar refractivity (Wildman–Crippen MR) is 102 cm³/mol. The highest BCUT2D eigenvalue weighted by Gasteiger charge is 2.11. The molecule has 2 aromatic heterocycles. The quantitative estimate of drug-likeness (QED) is 0.527. The SMILES string of the molecule is C/C(=N/NC(=O)c1cccs1)c1cccc(NC(=O)c2ccc(C)o2)c1. The lowest BCUT2D eigenvalue weighted by Gasteiger charge is -2.06. The van der Waals surface area contributed by atoms with Gasteiger partial charge in [-0.05, 0) is 55.1 Å². The fourth-order valence-corrected chi connectivity index (χ4v) is 2.85. The zero-order chi connectivity index (χ0) is 18.5. The van der Waals surface area contributed by atoms with Crippen molar-refractivity contribution in [2.75, 3.05) is 5.32 Å². The van der Waals surface area contributed by atoms with Crippen molar-refractivity contribution >= 4 is 34.6 Å². The third-order valence-electron chi connectivity index (χ3n) is 3.57. The standard InChI is InChI=1S/C19H17N3O3S/c1-12-8-9-16(25-12)18(23)20-15-6-3-5-14(11-15)13(2)21-22-19(24)17-7-4-10-26-17/h3-11H,1-2H3,(H,20,23)(H,22,24)/b21-13-. The van der Waals surface area contributed by atoms with E-state index in [0.717, 1.165) is 5.56 Å². The van der Waals surface area contributed by atoms with E-state index in [4.69, 9.17) is 4.42 Å². The summed E-state index contributed by atoms with van der Waals surface area (Å²) in [5.74, 6) is 0.350. The first-order valence-electron chi connectivity index (χ1n) is 7.89. The molecule has 0 bridgehead atoms. The molecule has 2 N–H and O–H groups in total. The zero-order valence-corrected chi connectivity index (χ0v) is 15.1. The first-order chi connectivity index (χ1) is 12.5. The average molecular weight is 367 g/mol. The molecule has 0 atom stereocenters. The van der Waals surface area contributed by atoms with E-state index < -0.39 is 0 Å². The van der Waals surface area contributed by atoms with Crippen molar-refractivity contribution in [3.05, 3.63) is 75.9 Å². The number of benzene rings is 1. The van der Waals surface area contributed by atoms with Crippen molar-refractivity contribution in [2.45, 2.75) is 13.8 Å². The number of nitrogens with zero attached hydrogens (tertiary/aromatic N) is 1. The number of thiophene rings is 1. The lowest BCUT2D eigenvalue weighted by atomic mass is 10.1. The molecule has 2 amide bonds. The van der Waals surface area contributed by atoms with Crippen LogP contribution in [0.5, 0.6) is 0 Å². The Balaban J connectivity index is 1.69. The molecule has 0 radical (unpaired) electrons. The van der Waals surface area contributed by atoms with Gasteiger partial charge in [-0.15, -0.1) is 11.3 Å². The summed E-state index contributed by atoms with van der Waals surface area (Å²) in [5.41, 5.74) is 4.55. The molecule has 0 unspecified atom stereocenters. The van der Waals surface area contributed by atoms with Crippen LogP contribution in [0.3, 0.4) is 0 Å². The first kappa shape index (κ1) is 17.6. The van der Waals surface area contributed by atoms with E-state index in [2.05, 4.69) is 15.8 Å². The molecule has 132 valence electrons. The number of hydrazone groups is 1. The third-order valence-corrected chi connectivity index (χ3v) is 4.44. The summed E-state index contributed by atoms with van der Waals surface area (Å²) in [7, 11) is 0. The van der Waals surface area contributed by atoms with Crippen LogP contribution in [-0.4, -0.2) is 17.5 Å². The fraction of sp³-hybridized carbons (Fsp3) is 0.105. The van der Waals surface area contributed by atoms with Gasteiger partial charge in [0.05, 0.1) is 10.6 Å². The molecule has 6 nitrogen and oxygen atoms in total. The van der Waals surface area contributed by atoms with E-state index in [1.807, 2.05) is 17.5 Å². The van der Waals surface area contributed by atoms with Crippen molar-refractivity contribution in [3.8, 4) is 0 Å². The highest BCUT2D eigenvalue weighted by atomic mass is 32.1. The fourth-order valence-electron chi connectivity index (χ4n) is 2.23. The number of aryl methyl sites for hydroxylation is 1. The van der Waals surface area contributed by atoms with Gasteiger partial charge in [-0.2, -0.15) is 5.10 Å². The van der Waals surface area contributed by atoms with Gasteiger partial charge in [0, 0.05) is 5.69 Å². The molecule has 3 aromatic rings. The summed E-state index contributed by atoms with van der Waals surface area (Å²) >= 11 is 1.35. The van der Waals surface area contributed by atoms with Crippen LogP contribution < -0.4 is 10.7 Å². The van der Waals surface area contributed by atoms with Crippen molar-refractivity contribution in [1.29, 1.82) is 0 Å². The molecule has 0 fully saturated rings. The van der Waals surface area contributed by atoms with Gasteiger partial charge < -0.3 is 9.73 Å². The van der Waals surface area contributed by atoms with E-state index in [0.29, 0.717) is 22.0 Å². The van der Waals surface area contributed by atoms with Gasteiger partial charge in [-0.1, -0.05) is 18.2 Å². The van der Waals surface area contributed by atoms with Crippen molar-refractivity contribution in [1.82, 2.24) is 5.43 Å². The topological polar surface area (TPSA) is 83.7 Å². The molecular weight excluding hydrogens is 350 g/mol. The molecule has 3 rings (SSSR count). The molecule has 1 aromatic carbocycles. The Kier molecular flexibility index (Phi) is 5.28. The van der Waals surface area contributed by atoms with Crippen molar-refractivity contribution < 1.29 is 14.0 Å². The minimum atomic E-state index is -0.323. The van der Waals surface area contributed by atoms with Gasteiger partial charge in [0.15, 0.2) is 5.76 Å². The Morgan fingerprint density at radius 2 is 1.92 bits per heavy atom. The monoisotopic (exact) mass is 367 g/mol. The van der Waals surface area contributed by atoms with Gasteiger partial charge in [0.1, 0.15) is 5.76 Å². The summed E-state index contributed by atoms with van der Waals surface area (Å²) in [6.45, 7) is 3.56. The first-order valence-corrected chi connectivity index (χ1v) is 8.77. The van der Waals surface area contributed by atoms with E-state index >= 15 is 0 Å². The predicted octanol–water partition coefficient (Wildman–Crippen LogP) is 4.06. The highest BCUT2D eigenvalue weighted by molar-refractivity contribution is 7.12. The largest absolute Gasteiger partial charge is 0.456 e. The second-order valence-corrected chi connectivity index (χ2v) is 6.51. The van der Waals surface area contributed by atoms with E-state index in [-0.39, 0.29) is 17.6 Å². The van der Waals surface area contributed by atoms with Gasteiger partial charge in [0.2, 0.25) is 0 Å². The average Bonchev–Trinajstić information content (AvgIpc) is 3.31. The number of rotatable bonds is 5. The van der Waals surface area contributed by atoms with Crippen LogP contribution >= 0.6 is 11.3 Å².